The Bertz CT molecular complexity index is 830. The van der Waals surface area contributed by atoms with E-state index in [9.17, 15) is 10.2 Å². The Balaban J connectivity index is 1.58. The van der Waals surface area contributed by atoms with Crippen LogP contribution in [0.3, 0.4) is 0 Å². The Kier molecular flexibility index (Phi) is 5.28. The van der Waals surface area contributed by atoms with Crippen molar-refractivity contribution < 1.29 is 10.2 Å². The molecular formula is C20H29N5O2S. The van der Waals surface area contributed by atoms with Gasteiger partial charge in [-0.3, -0.25) is 0 Å². The second-order valence-corrected chi connectivity index (χ2v) is 9.52. The lowest BCUT2D eigenvalue weighted by molar-refractivity contribution is -0.0314. The summed E-state index contributed by atoms with van der Waals surface area (Å²) in [4.78, 5) is 13.8. The summed E-state index contributed by atoms with van der Waals surface area (Å²) in [6.07, 6.45) is 6.13. The molecule has 3 unspecified atom stereocenters. The van der Waals surface area contributed by atoms with Crippen molar-refractivity contribution >= 4 is 23.1 Å². The van der Waals surface area contributed by atoms with Gasteiger partial charge in [-0.1, -0.05) is 0 Å². The van der Waals surface area contributed by atoms with Gasteiger partial charge in [-0.25, -0.2) is 9.97 Å². The molecule has 8 heteroatoms. The van der Waals surface area contributed by atoms with Gasteiger partial charge in [0.15, 0.2) is 0 Å². The number of aliphatic hydroxyl groups is 2. The van der Waals surface area contributed by atoms with E-state index in [4.69, 9.17) is 4.98 Å². The second-order valence-electron chi connectivity index (χ2n) is 8.66. The molecule has 2 heterocycles. The molecule has 2 aliphatic rings. The zero-order valence-corrected chi connectivity index (χ0v) is 17.5. The van der Waals surface area contributed by atoms with Crippen LogP contribution in [0.2, 0.25) is 0 Å². The van der Waals surface area contributed by atoms with Gasteiger partial charge in [-0.05, 0) is 52.9 Å². The van der Waals surface area contributed by atoms with E-state index in [0.717, 1.165) is 34.9 Å². The van der Waals surface area contributed by atoms with Crippen LogP contribution in [0, 0.1) is 12.8 Å². The fourth-order valence-electron chi connectivity index (χ4n) is 4.02. The first-order chi connectivity index (χ1) is 13.3. The van der Waals surface area contributed by atoms with Crippen molar-refractivity contribution in [2.45, 2.75) is 76.7 Å². The first-order valence-electron chi connectivity index (χ1n) is 10.0. The van der Waals surface area contributed by atoms with Crippen molar-refractivity contribution in [3.63, 3.8) is 0 Å². The van der Waals surface area contributed by atoms with Gasteiger partial charge in [0, 0.05) is 35.3 Å². The monoisotopic (exact) mass is 403 g/mol. The summed E-state index contributed by atoms with van der Waals surface area (Å²) < 4.78 is 0. The molecule has 2 aromatic heterocycles. The van der Waals surface area contributed by atoms with Crippen LogP contribution in [0.25, 0.3) is 10.6 Å². The number of anilines is 2. The van der Waals surface area contributed by atoms with Gasteiger partial charge in [0.05, 0.1) is 17.3 Å². The summed E-state index contributed by atoms with van der Waals surface area (Å²) in [5, 5.41) is 30.6. The van der Waals surface area contributed by atoms with Crippen LogP contribution >= 0.6 is 11.3 Å². The van der Waals surface area contributed by atoms with Crippen molar-refractivity contribution in [2.24, 2.45) is 5.92 Å². The van der Waals surface area contributed by atoms with Gasteiger partial charge >= 0.3 is 0 Å². The fourth-order valence-corrected chi connectivity index (χ4v) is 4.82. The number of aliphatic hydroxyl groups excluding tert-OH is 1. The molecule has 0 spiro atoms. The molecule has 0 aromatic carbocycles. The highest BCUT2D eigenvalue weighted by Crippen LogP contribution is 2.37. The second kappa shape index (κ2) is 7.57. The SMILES string of the molecule is Cc1csc(-c2cnc(NC3CCC3)nc2NC2CC(O)C(C(C)(C)O)C2)n1. The number of nitrogens with one attached hydrogen (secondary N) is 2. The summed E-state index contributed by atoms with van der Waals surface area (Å²) in [5.41, 5.74) is 0.938. The van der Waals surface area contributed by atoms with Gasteiger partial charge in [-0.2, -0.15) is 4.98 Å². The molecule has 0 radical (unpaired) electrons. The number of thiazole rings is 1. The smallest absolute Gasteiger partial charge is 0.224 e. The maximum atomic E-state index is 10.4. The van der Waals surface area contributed by atoms with E-state index in [1.807, 2.05) is 18.5 Å². The average molecular weight is 404 g/mol. The summed E-state index contributed by atoms with van der Waals surface area (Å²) >= 11 is 1.57. The van der Waals surface area contributed by atoms with Gasteiger partial charge in [0.1, 0.15) is 10.8 Å². The zero-order valence-electron chi connectivity index (χ0n) is 16.6. The molecule has 0 saturated heterocycles. The standard InChI is InChI=1S/C20H29N5O2S/c1-11-10-28-18(22-11)14-9-21-19(24-12-5-4-6-12)25-17(14)23-13-7-15(16(26)8-13)20(2,3)27/h9-10,12-13,15-16,26-27H,4-8H2,1-3H3,(H2,21,23,24,25). The summed E-state index contributed by atoms with van der Waals surface area (Å²) in [7, 11) is 0. The molecule has 4 rings (SSSR count). The fraction of sp³-hybridized carbons (Fsp3) is 0.650. The third kappa shape index (κ3) is 4.14. The van der Waals surface area contributed by atoms with Crippen LogP contribution in [-0.4, -0.2) is 49.0 Å². The molecule has 0 amide bonds. The van der Waals surface area contributed by atoms with E-state index in [1.165, 1.54) is 6.42 Å². The minimum atomic E-state index is -0.909. The topological polar surface area (TPSA) is 103 Å². The number of aryl methyl sites for hydroxylation is 1. The minimum absolute atomic E-state index is 0.0395. The largest absolute Gasteiger partial charge is 0.393 e. The molecule has 7 nitrogen and oxygen atoms in total. The molecule has 2 saturated carbocycles. The van der Waals surface area contributed by atoms with Crippen molar-refractivity contribution in [3.05, 3.63) is 17.3 Å². The highest BCUT2D eigenvalue weighted by molar-refractivity contribution is 7.13. The van der Waals surface area contributed by atoms with Crippen LogP contribution in [0.1, 0.15) is 51.6 Å². The molecule has 0 bridgehead atoms. The van der Waals surface area contributed by atoms with Crippen LogP contribution < -0.4 is 10.6 Å². The van der Waals surface area contributed by atoms with Crippen LogP contribution in [0.5, 0.6) is 0 Å². The van der Waals surface area contributed by atoms with E-state index in [0.29, 0.717) is 24.8 Å². The molecule has 0 aliphatic heterocycles. The minimum Gasteiger partial charge on any atom is -0.393 e. The van der Waals surface area contributed by atoms with Crippen molar-refractivity contribution in [1.29, 1.82) is 0 Å². The normalized spacial score (nSPS) is 25.5. The van der Waals surface area contributed by atoms with Gasteiger partial charge in [0.25, 0.3) is 0 Å². The molecular weight excluding hydrogens is 374 g/mol. The molecule has 2 fully saturated rings. The van der Waals surface area contributed by atoms with Gasteiger partial charge in [-0.15, -0.1) is 11.3 Å². The quantitative estimate of drug-likeness (QED) is 0.587. The first-order valence-corrected chi connectivity index (χ1v) is 10.9. The third-order valence-corrected chi connectivity index (χ3v) is 6.85. The number of nitrogens with zero attached hydrogens (tertiary/aromatic N) is 3. The lowest BCUT2D eigenvalue weighted by Gasteiger charge is -2.28. The van der Waals surface area contributed by atoms with Crippen LogP contribution in [0.4, 0.5) is 11.8 Å². The highest BCUT2D eigenvalue weighted by atomic mass is 32.1. The average Bonchev–Trinajstić information content (AvgIpc) is 3.17. The van der Waals surface area contributed by atoms with E-state index in [2.05, 4.69) is 20.6 Å². The number of hydrogen-bond donors (Lipinski definition) is 4. The van der Waals surface area contributed by atoms with Crippen LogP contribution in [0.15, 0.2) is 11.6 Å². The predicted octanol–water partition coefficient (Wildman–Crippen LogP) is 3.20. The number of rotatable bonds is 6. The molecule has 2 aliphatic carbocycles. The Morgan fingerprint density at radius 3 is 2.50 bits per heavy atom. The summed E-state index contributed by atoms with van der Waals surface area (Å²) in [6.45, 7) is 5.50. The Hall–Kier alpha value is -1.77. The van der Waals surface area contributed by atoms with Gasteiger partial charge in [0.2, 0.25) is 5.95 Å². The Labute approximate surface area is 169 Å². The van der Waals surface area contributed by atoms with E-state index in [1.54, 1.807) is 25.2 Å². The molecule has 3 atom stereocenters. The summed E-state index contributed by atoms with van der Waals surface area (Å²) in [5.74, 6) is 1.20. The van der Waals surface area contributed by atoms with E-state index < -0.39 is 11.7 Å². The van der Waals surface area contributed by atoms with E-state index >= 15 is 0 Å². The van der Waals surface area contributed by atoms with Crippen LogP contribution in [-0.2, 0) is 0 Å². The molecule has 152 valence electrons. The molecule has 2 aromatic rings. The number of aromatic nitrogens is 3. The highest BCUT2D eigenvalue weighted by Gasteiger charge is 2.41. The zero-order chi connectivity index (χ0) is 19.9. The molecule has 4 N–H and O–H groups in total. The van der Waals surface area contributed by atoms with Crippen molar-refractivity contribution in [2.75, 3.05) is 10.6 Å². The molecule has 28 heavy (non-hydrogen) atoms. The first kappa shape index (κ1) is 19.5. The lowest BCUT2D eigenvalue weighted by atomic mass is 9.88. The third-order valence-electron chi connectivity index (χ3n) is 5.85. The Morgan fingerprint density at radius 2 is 1.93 bits per heavy atom. The summed E-state index contributed by atoms with van der Waals surface area (Å²) in [6, 6.07) is 0.492. The van der Waals surface area contributed by atoms with Gasteiger partial charge < -0.3 is 20.8 Å². The Morgan fingerprint density at radius 1 is 1.14 bits per heavy atom. The van der Waals surface area contributed by atoms with Crippen molar-refractivity contribution in [3.8, 4) is 10.6 Å². The maximum Gasteiger partial charge on any atom is 0.224 e. The van der Waals surface area contributed by atoms with Crippen molar-refractivity contribution in [1.82, 2.24) is 15.0 Å². The lowest BCUT2D eigenvalue weighted by Crippen LogP contribution is -2.36. The predicted molar refractivity (Wildman–Crippen MR) is 112 cm³/mol. The number of hydrogen-bond acceptors (Lipinski definition) is 8. The van der Waals surface area contributed by atoms with E-state index in [-0.39, 0.29) is 12.0 Å². The maximum absolute atomic E-state index is 10.4.